The molecular formula is C35H34BFO5. The van der Waals surface area contributed by atoms with Crippen LogP contribution in [0.15, 0.2) is 83.9 Å². The summed E-state index contributed by atoms with van der Waals surface area (Å²) in [6, 6.07) is 21.3. The molecular weight excluding hydrogens is 530 g/mol. The minimum Gasteiger partial charge on any atom is -0.505 e. The Morgan fingerprint density at radius 3 is 2.43 bits per heavy atom. The lowest BCUT2D eigenvalue weighted by molar-refractivity contribution is 0.0599. The van der Waals surface area contributed by atoms with Gasteiger partial charge in [-0.1, -0.05) is 85.7 Å². The summed E-state index contributed by atoms with van der Waals surface area (Å²) in [5, 5.41) is 20.6. The van der Waals surface area contributed by atoms with E-state index in [0.717, 1.165) is 29.6 Å². The molecule has 1 saturated heterocycles. The molecule has 0 aromatic heterocycles. The molecule has 5 nitrogen and oxygen atoms in total. The van der Waals surface area contributed by atoms with E-state index < -0.39 is 36.6 Å². The minimum absolute atomic E-state index is 0.0136. The number of carbonyl (C=O) groups excluding carboxylic acids is 2. The molecule has 1 heterocycles. The summed E-state index contributed by atoms with van der Waals surface area (Å²) in [6.45, 7) is 2.11. The lowest BCUT2D eigenvalue weighted by Gasteiger charge is -2.47. The molecule has 0 bridgehead atoms. The summed E-state index contributed by atoms with van der Waals surface area (Å²) in [6.07, 6.45) is 5.15. The number of phenolic OH excluding ortho intramolecular Hbond substituents is 1. The maximum absolute atomic E-state index is 14.2. The molecule has 3 aromatic rings. The number of aromatic hydroxyl groups is 1. The van der Waals surface area contributed by atoms with Gasteiger partial charge in [0.05, 0.1) is 6.10 Å². The number of rotatable bonds is 7. The van der Waals surface area contributed by atoms with Gasteiger partial charge in [-0.3, -0.25) is 9.59 Å². The quantitative estimate of drug-likeness (QED) is 0.181. The van der Waals surface area contributed by atoms with Gasteiger partial charge in [-0.05, 0) is 72.3 Å². The van der Waals surface area contributed by atoms with Crippen molar-refractivity contribution in [1.82, 2.24) is 0 Å². The molecule has 0 spiro atoms. The lowest BCUT2D eigenvalue weighted by Crippen LogP contribution is -2.50. The van der Waals surface area contributed by atoms with Crippen LogP contribution in [-0.4, -0.2) is 34.9 Å². The van der Waals surface area contributed by atoms with Crippen LogP contribution in [0.3, 0.4) is 0 Å². The number of hydrogen-bond donors (Lipinski definition) is 2. The van der Waals surface area contributed by atoms with Crippen molar-refractivity contribution in [2.24, 2.45) is 17.8 Å². The third kappa shape index (κ3) is 5.27. The van der Waals surface area contributed by atoms with Gasteiger partial charge in [0.1, 0.15) is 0 Å². The molecule has 1 fully saturated rings. The van der Waals surface area contributed by atoms with E-state index in [1.807, 2.05) is 36.4 Å². The highest BCUT2D eigenvalue weighted by Gasteiger charge is 2.53. The van der Waals surface area contributed by atoms with Crippen LogP contribution in [0, 0.1) is 23.6 Å². The Balaban J connectivity index is 1.36. The Kier molecular flexibility index (Phi) is 7.97. The fraction of sp³-hybridized carbons (Fsp3) is 0.314. The maximum atomic E-state index is 14.2. The number of benzene rings is 3. The average molecular weight is 564 g/mol. The van der Waals surface area contributed by atoms with Crippen LogP contribution in [0.4, 0.5) is 4.39 Å². The van der Waals surface area contributed by atoms with Crippen molar-refractivity contribution in [3.8, 4) is 5.75 Å². The lowest BCUT2D eigenvalue weighted by atomic mass is 9.54. The number of carbonyl (C=O) groups is 2. The first-order valence-corrected chi connectivity index (χ1v) is 14.8. The fourth-order valence-electron chi connectivity index (χ4n) is 7.26. The standard InChI is InChI=1S/C35H34BFO5/c1-2-8-24-19-27-33(35(40)26-12-7-6-11-25(26)34(27)39)28-20-36(41)42-31(32(24)28)16-14-23(22-9-4-3-5-10-22)17-21-13-15-30(38)29(37)18-21/h3-7,9-13,15,17-18,27-28,31,33,38,41H,2,8,14,16,19-20H2,1H3/b23-17-/t27-,28+,31-,33-/m1/s1. The SMILES string of the molecule is CCCC1=C2[C@@H](CC/C(=C/c3ccc(O)c(F)c3)c3ccccc3)OB(O)C[C@@H]2[C@@H]2C(=O)c3ccccc3C(=O)[C@@H]2C1. The minimum atomic E-state index is -1.04. The van der Waals surface area contributed by atoms with Crippen molar-refractivity contribution in [2.75, 3.05) is 0 Å². The number of Topliss-reactive ketones (excluding diaryl/α,β-unsaturated/α-hetero) is 2. The van der Waals surface area contributed by atoms with E-state index in [9.17, 15) is 24.1 Å². The van der Waals surface area contributed by atoms with Gasteiger partial charge in [-0.2, -0.15) is 0 Å². The molecule has 7 heteroatoms. The Labute approximate surface area is 245 Å². The molecule has 6 rings (SSSR count). The maximum Gasteiger partial charge on any atom is 0.455 e. The Bertz CT molecular complexity index is 1580. The van der Waals surface area contributed by atoms with Gasteiger partial charge in [0, 0.05) is 23.0 Å². The van der Waals surface area contributed by atoms with Crippen LogP contribution >= 0.6 is 0 Å². The molecule has 4 atom stereocenters. The number of halogens is 1. The third-order valence-electron chi connectivity index (χ3n) is 9.05. The summed E-state index contributed by atoms with van der Waals surface area (Å²) in [7, 11) is -1.04. The first-order valence-electron chi connectivity index (χ1n) is 14.8. The highest BCUT2D eigenvalue weighted by atomic mass is 19.1. The fourth-order valence-corrected chi connectivity index (χ4v) is 7.26. The van der Waals surface area contributed by atoms with E-state index in [4.69, 9.17) is 4.65 Å². The van der Waals surface area contributed by atoms with Gasteiger partial charge in [0.2, 0.25) is 0 Å². The van der Waals surface area contributed by atoms with Gasteiger partial charge in [0.25, 0.3) is 0 Å². The molecule has 3 aliphatic rings. The van der Waals surface area contributed by atoms with Crippen molar-refractivity contribution in [2.45, 2.75) is 51.5 Å². The second-order valence-corrected chi connectivity index (χ2v) is 11.6. The normalized spacial score (nSPS) is 23.9. The van der Waals surface area contributed by atoms with Crippen LogP contribution in [0.2, 0.25) is 6.32 Å². The topological polar surface area (TPSA) is 83.8 Å². The van der Waals surface area contributed by atoms with E-state index >= 15 is 0 Å². The molecule has 42 heavy (non-hydrogen) atoms. The van der Waals surface area contributed by atoms with Crippen molar-refractivity contribution < 1.29 is 28.8 Å². The molecule has 0 amide bonds. The van der Waals surface area contributed by atoms with Gasteiger partial charge in [0.15, 0.2) is 23.1 Å². The highest BCUT2D eigenvalue weighted by Crippen LogP contribution is 2.51. The second-order valence-electron chi connectivity index (χ2n) is 11.6. The summed E-state index contributed by atoms with van der Waals surface area (Å²) < 4.78 is 20.4. The predicted molar refractivity (Wildman–Crippen MR) is 161 cm³/mol. The molecule has 214 valence electrons. The zero-order valence-electron chi connectivity index (χ0n) is 23.6. The van der Waals surface area contributed by atoms with Crippen LogP contribution in [0.1, 0.15) is 70.9 Å². The molecule has 0 saturated carbocycles. The van der Waals surface area contributed by atoms with E-state index in [0.29, 0.717) is 36.0 Å². The van der Waals surface area contributed by atoms with Crippen molar-refractivity contribution >= 4 is 30.3 Å². The molecule has 0 radical (unpaired) electrons. The second kappa shape index (κ2) is 11.8. The van der Waals surface area contributed by atoms with Crippen LogP contribution < -0.4 is 0 Å². The first-order chi connectivity index (χ1) is 20.4. The van der Waals surface area contributed by atoms with Gasteiger partial charge < -0.3 is 14.8 Å². The van der Waals surface area contributed by atoms with Crippen LogP contribution in [0.25, 0.3) is 11.6 Å². The number of phenols is 1. The van der Waals surface area contributed by atoms with E-state index in [2.05, 4.69) is 6.92 Å². The van der Waals surface area contributed by atoms with Crippen molar-refractivity contribution in [3.05, 3.63) is 112 Å². The van der Waals surface area contributed by atoms with Gasteiger partial charge in [-0.15, -0.1) is 0 Å². The number of hydrogen-bond acceptors (Lipinski definition) is 5. The van der Waals surface area contributed by atoms with Crippen LogP contribution in [-0.2, 0) is 4.65 Å². The van der Waals surface area contributed by atoms with Gasteiger partial charge in [-0.25, -0.2) is 4.39 Å². The third-order valence-corrected chi connectivity index (χ3v) is 9.05. The van der Waals surface area contributed by atoms with E-state index in [-0.39, 0.29) is 23.8 Å². The molecule has 1 aliphatic heterocycles. The Morgan fingerprint density at radius 2 is 1.71 bits per heavy atom. The molecule has 3 aromatic carbocycles. The summed E-state index contributed by atoms with van der Waals surface area (Å²) in [5.74, 6) is -2.26. The number of fused-ring (bicyclic) bond motifs is 4. The highest BCUT2D eigenvalue weighted by molar-refractivity contribution is 6.43. The van der Waals surface area contributed by atoms with E-state index in [1.165, 1.54) is 17.7 Å². The Morgan fingerprint density at radius 1 is 1.00 bits per heavy atom. The zero-order valence-corrected chi connectivity index (χ0v) is 23.6. The Hall–Kier alpha value is -3.81. The van der Waals surface area contributed by atoms with Crippen molar-refractivity contribution in [3.63, 3.8) is 0 Å². The number of allylic oxidation sites excluding steroid dienone is 2. The zero-order chi connectivity index (χ0) is 29.4. The monoisotopic (exact) mass is 564 g/mol. The number of ketones is 2. The summed E-state index contributed by atoms with van der Waals surface area (Å²) in [5.41, 5.74) is 5.81. The van der Waals surface area contributed by atoms with Gasteiger partial charge >= 0.3 is 7.12 Å². The first kappa shape index (κ1) is 28.3. The average Bonchev–Trinajstić information content (AvgIpc) is 3.00. The summed E-state index contributed by atoms with van der Waals surface area (Å²) >= 11 is 0. The largest absolute Gasteiger partial charge is 0.505 e. The predicted octanol–water partition coefficient (Wildman–Crippen LogP) is 7.16. The molecule has 2 aliphatic carbocycles. The van der Waals surface area contributed by atoms with Crippen molar-refractivity contribution in [1.29, 1.82) is 0 Å². The summed E-state index contributed by atoms with van der Waals surface area (Å²) in [4.78, 5) is 27.5. The van der Waals surface area contributed by atoms with Crippen LogP contribution in [0.5, 0.6) is 5.75 Å². The molecule has 2 N–H and O–H groups in total. The molecule has 0 unspecified atom stereocenters. The smallest absolute Gasteiger partial charge is 0.455 e. The van der Waals surface area contributed by atoms with E-state index in [1.54, 1.807) is 30.3 Å².